The third-order valence-electron chi connectivity index (χ3n) is 4.05. The van der Waals surface area contributed by atoms with Crippen LogP contribution >= 0.6 is 11.8 Å². The lowest BCUT2D eigenvalue weighted by molar-refractivity contribution is 0.0842. The minimum Gasteiger partial charge on any atom is -0.357 e. The third kappa shape index (κ3) is 3.91. The Hall–Kier alpha value is -3.52. The van der Waals surface area contributed by atoms with Gasteiger partial charge in [0, 0.05) is 29.2 Å². The van der Waals surface area contributed by atoms with Gasteiger partial charge in [0.15, 0.2) is 0 Å². The van der Waals surface area contributed by atoms with E-state index in [-0.39, 0.29) is 5.91 Å². The second kappa shape index (κ2) is 8.01. The summed E-state index contributed by atoms with van der Waals surface area (Å²) in [7, 11) is 0. The van der Waals surface area contributed by atoms with Crippen LogP contribution in [0.15, 0.2) is 78.1 Å². The number of hydrogen-bond acceptors (Lipinski definition) is 4. The summed E-state index contributed by atoms with van der Waals surface area (Å²) in [5, 5.41) is 0. The Balaban J connectivity index is 1.42. The summed E-state index contributed by atoms with van der Waals surface area (Å²) in [5.41, 5.74) is 7.53. The monoisotopic (exact) mass is 391 g/mol. The Morgan fingerprint density at radius 3 is 2.64 bits per heavy atom. The highest BCUT2D eigenvalue weighted by atomic mass is 32.2. The lowest BCUT2D eigenvalue weighted by Gasteiger charge is -2.10. The molecule has 8 heteroatoms. The number of nitrogens with zero attached hydrogens (tertiary/aromatic N) is 2. The summed E-state index contributed by atoms with van der Waals surface area (Å²) in [6, 6.07) is 16.4. The molecule has 0 saturated heterocycles. The average molecular weight is 391 g/mol. The van der Waals surface area contributed by atoms with Crippen molar-refractivity contribution in [1.82, 2.24) is 25.2 Å². The molecule has 0 fully saturated rings. The smallest absolute Gasteiger partial charge is 0.286 e. The van der Waals surface area contributed by atoms with E-state index in [0.29, 0.717) is 17.0 Å². The summed E-state index contributed by atoms with van der Waals surface area (Å²) in [6.45, 7) is 0. The van der Waals surface area contributed by atoms with Gasteiger partial charge in [-0.2, -0.15) is 0 Å². The molecule has 0 radical (unpaired) electrons. The van der Waals surface area contributed by atoms with Crippen LogP contribution in [-0.4, -0.2) is 26.2 Å². The molecule has 0 bridgehead atoms. The van der Waals surface area contributed by atoms with Crippen LogP contribution in [0.25, 0.3) is 5.65 Å². The molecule has 4 rings (SSSR count). The number of H-pyrrole nitrogens is 1. The molecule has 0 aliphatic carbocycles. The molecule has 0 spiro atoms. The predicted molar refractivity (Wildman–Crippen MR) is 107 cm³/mol. The van der Waals surface area contributed by atoms with Gasteiger partial charge in [0.25, 0.3) is 11.8 Å². The van der Waals surface area contributed by atoms with Gasteiger partial charge in [-0.1, -0.05) is 18.2 Å². The van der Waals surface area contributed by atoms with E-state index in [1.165, 1.54) is 11.8 Å². The van der Waals surface area contributed by atoms with E-state index < -0.39 is 5.91 Å². The number of amides is 2. The largest absolute Gasteiger partial charge is 0.357 e. The van der Waals surface area contributed by atoms with Gasteiger partial charge in [-0.05, 0) is 36.4 Å². The van der Waals surface area contributed by atoms with Crippen LogP contribution in [0, 0.1) is 0 Å². The van der Waals surface area contributed by atoms with Crippen LogP contribution in [0.1, 0.15) is 26.5 Å². The molecule has 3 N–H and O–H groups in total. The van der Waals surface area contributed by atoms with Gasteiger partial charge in [0.05, 0.1) is 11.3 Å². The molecule has 140 valence electrons. The van der Waals surface area contributed by atoms with E-state index in [1.54, 1.807) is 30.5 Å². The van der Waals surface area contributed by atoms with Crippen LogP contribution in [0.4, 0.5) is 0 Å². The lowest BCUT2D eigenvalue weighted by atomic mass is 10.2. The van der Waals surface area contributed by atoms with E-state index in [0.717, 1.165) is 16.2 Å². The number of aromatic amines is 1. The molecule has 0 unspecified atom stereocenters. The Morgan fingerprint density at radius 2 is 1.82 bits per heavy atom. The predicted octanol–water partition coefficient (Wildman–Crippen LogP) is 3.03. The molecule has 1 aromatic carbocycles. The van der Waals surface area contributed by atoms with Gasteiger partial charge in [0.1, 0.15) is 11.3 Å². The summed E-state index contributed by atoms with van der Waals surface area (Å²) in [6.07, 6.45) is 5.56. The number of thioether (sulfide) groups is 1. The maximum absolute atomic E-state index is 12.5. The topological polar surface area (TPSA) is 91.3 Å². The van der Waals surface area contributed by atoms with Gasteiger partial charge < -0.3 is 9.38 Å². The Labute approximate surface area is 165 Å². The first-order valence-corrected chi connectivity index (χ1v) is 9.58. The minimum absolute atomic E-state index is 0.370. The standard InChI is InChI=1S/C20H17N5O2S/c26-19(23-24-20(27)16-7-5-10-21-16)15-6-1-2-8-17(15)28-13-14-12-25-11-4-3-9-18(25)22-14/h1-12,21H,13H2,(H,23,26)(H,24,27). The number of rotatable bonds is 5. The highest BCUT2D eigenvalue weighted by Crippen LogP contribution is 2.26. The fraction of sp³-hybridized carbons (Fsp3) is 0.0500. The zero-order valence-electron chi connectivity index (χ0n) is 14.8. The van der Waals surface area contributed by atoms with E-state index in [4.69, 9.17) is 0 Å². The van der Waals surface area contributed by atoms with Crippen molar-refractivity contribution in [2.45, 2.75) is 10.6 Å². The van der Waals surface area contributed by atoms with Crippen LogP contribution in [0.2, 0.25) is 0 Å². The second-order valence-electron chi connectivity index (χ2n) is 5.98. The Morgan fingerprint density at radius 1 is 1.00 bits per heavy atom. The number of carbonyl (C=O) groups excluding carboxylic acids is 2. The first-order valence-electron chi connectivity index (χ1n) is 8.59. The van der Waals surface area contributed by atoms with Gasteiger partial charge in [-0.25, -0.2) is 4.98 Å². The first kappa shape index (κ1) is 17.9. The first-order chi connectivity index (χ1) is 13.7. The molecule has 0 aliphatic rings. The van der Waals surface area contributed by atoms with Crippen molar-refractivity contribution >= 4 is 29.2 Å². The SMILES string of the molecule is O=C(NNC(=O)c1ccccc1SCc1cn2ccccc2n1)c1ccc[nH]1. The van der Waals surface area contributed by atoms with E-state index >= 15 is 0 Å². The van der Waals surface area contributed by atoms with Crippen LogP contribution in [-0.2, 0) is 5.75 Å². The van der Waals surface area contributed by atoms with Crippen LogP contribution in [0.3, 0.4) is 0 Å². The molecule has 0 aliphatic heterocycles. The molecule has 3 aromatic heterocycles. The van der Waals surface area contributed by atoms with E-state index in [2.05, 4.69) is 20.8 Å². The Kier molecular flexibility index (Phi) is 5.11. The lowest BCUT2D eigenvalue weighted by Crippen LogP contribution is -2.41. The number of aromatic nitrogens is 3. The molecule has 28 heavy (non-hydrogen) atoms. The minimum atomic E-state index is -0.409. The van der Waals surface area contributed by atoms with Crippen molar-refractivity contribution in [3.05, 3.63) is 90.1 Å². The molecular weight excluding hydrogens is 374 g/mol. The average Bonchev–Trinajstić information content (AvgIpc) is 3.40. The number of fused-ring (bicyclic) bond motifs is 1. The zero-order valence-corrected chi connectivity index (χ0v) is 15.6. The van der Waals surface area contributed by atoms with Gasteiger partial charge in [-0.15, -0.1) is 11.8 Å². The van der Waals surface area contributed by atoms with Crippen molar-refractivity contribution in [3.63, 3.8) is 0 Å². The summed E-state index contributed by atoms with van der Waals surface area (Å²) >= 11 is 1.52. The number of imidazole rings is 1. The molecule has 2 amide bonds. The van der Waals surface area contributed by atoms with E-state index in [9.17, 15) is 9.59 Å². The number of pyridine rings is 1. The fourth-order valence-electron chi connectivity index (χ4n) is 2.71. The molecule has 0 atom stereocenters. The van der Waals surface area contributed by atoms with Crippen molar-refractivity contribution in [1.29, 1.82) is 0 Å². The number of benzene rings is 1. The molecular formula is C20H17N5O2S. The van der Waals surface area contributed by atoms with Crippen molar-refractivity contribution in [2.75, 3.05) is 0 Å². The highest BCUT2D eigenvalue weighted by Gasteiger charge is 2.14. The molecule has 0 saturated carbocycles. The quantitative estimate of drug-likeness (QED) is 0.360. The van der Waals surface area contributed by atoms with Crippen LogP contribution in [0.5, 0.6) is 0 Å². The van der Waals surface area contributed by atoms with Crippen molar-refractivity contribution in [2.24, 2.45) is 0 Å². The number of hydrazine groups is 1. The summed E-state index contributed by atoms with van der Waals surface area (Å²) in [4.78, 5) is 32.6. The maximum atomic E-state index is 12.5. The summed E-state index contributed by atoms with van der Waals surface area (Å²) < 4.78 is 1.96. The zero-order chi connectivity index (χ0) is 19.3. The number of hydrogen-bond donors (Lipinski definition) is 3. The van der Waals surface area contributed by atoms with Gasteiger partial charge in [-0.3, -0.25) is 20.4 Å². The molecule has 7 nitrogen and oxygen atoms in total. The normalized spacial score (nSPS) is 10.7. The number of nitrogens with one attached hydrogen (secondary N) is 3. The summed E-state index contributed by atoms with van der Waals surface area (Å²) in [5.74, 6) is -0.160. The second-order valence-corrected chi connectivity index (χ2v) is 6.99. The fourth-order valence-corrected chi connectivity index (χ4v) is 3.64. The number of carbonyl (C=O) groups is 2. The van der Waals surface area contributed by atoms with Crippen molar-refractivity contribution in [3.8, 4) is 0 Å². The molecule has 4 aromatic rings. The van der Waals surface area contributed by atoms with Gasteiger partial charge >= 0.3 is 0 Å². The molecule has 3 heterocycles. The highest BCUT2D eigenvalue weighted by molar-refractivity contribution is 7.98. The maximum Gasteiger partial charge on any atom is 0.286 e. The third-order valence-corrected chi connectivity index (χ3v) is 5.16. The Bertz CT molecular complexity index is 1090. The van der Waals surface area contributed by atoms with Crippen molar-refractivity contribution < 1.29 is 9.59 Å². The van der Waals surface area contributed by atoms with Crippen LogP contribution < -0.4 is 10.9 Å². The van der Waals surface area contributed by atoms with Gasteiger partial charge in [0.2, 0.25) is 0 Å². The van der Waals surface area contributed by atoms with E-state index in [1.807, 2.05) is 47.1 Å².